The van der Waals surface area contributed by atoms with Crippen LogP contribution in [0.2, 0.25) is 0 Å². The second-order valence-corrected chi connectivity index (χ2v) is 11.1. The Morgan fingerprint density at radius 2 is 1.64 bits per heavy atom. The molecule has 1 heterocycles. The van der Waals surface area contributed by atoms with Crippen molar-refractivity contribution in [2.45, 2.75) is 123 Å². The summed E-state index contributed by atoms with van der Waals surface area (Å²) in [5.41, 5.74) is -2.86. The van der Waals surface area contributed by atoms with Crippen molar-refractivity contribution in [2.24, 2.45) is 5.92 Å². The number of hydrogen-bond acceptors (Lipinski definition) is 6. The maximum absolute atomic E-state index is 13.5. The highest BCUT2D eigenvalue weighted by Gasteiger charge is 2.55. The fourth-order valence-corrected chi connectivity index (χ4v) is 4.40. The zero-order chi connectivity index (χ0) is 25.8. The number of esters is 1. The van der Waals surface area contributed by atoms with Crippen LogP contribution in [0.15, 0.2) is 12.2 Å². The number of aliphatic hydroxyl groups is 1. The molecule has 190 valence electrons. The third-order valence-electron chi connectivity index (χ3n) is 5.44. The zero-order valence-electron chi connectivity index (χ0n) is 22.0. The molecule has 1 rings (SSSR count). The first-order valence-corrected chi connectivity index (χ1v) is 11.8. The summed E-state index contributed by atoms with van der Waals surface area (Å²) < 4.78 is 11.3. The third-order valence-corrected chi connectivity index (χ3v) is 5.44. The minimum absolute atomic E-state index is 0.293. The van der Waals surface area contributed by atoms with E-state index in [1.54, 1.807) is 48.5 Å². The van der Waals surface area contributed by atoms with Crippen LogP contribution in [0.25, 0.3) is 0 Å². The molecule has 0 spiro atoms. The fourth-order valence-electron chi connectivity index (χ4n) is 4.40. The molecule has 0 aromatic rings. The van der Waals surface area contributed by atoms with E-state index in [-0.39, 0.29) is 11.8 Å². The highest BCUT2D eigenvalue weighted by atomic mass is 16.6. The van der Waals surface area contributed by atoms with Crippen molar-refractivity contribution in [1.82, 2.24) is 10.2 Å². The molecule has 8 heteroatoms. The van der Waals surface area contributed by atoms with Crippen molar-refractivity contribution in [3.63, 3.8) is 0 Å². The van der Waals surface area contributed by atoms with Gasteiger partial charge in [-0.3, -0.25) is 9.69 Å². The summed E-state index contributed by atoms with van der Waals surface area (Å²) in [6, 6.07) is -2.45. The average Bonchev–Trinajstić information content (AvgIpc) is 2.96. The van der Waals surface area contributed by atoms with Crippen LogP contribution in [0.3, 0.4) is 0 Å². The Morgan fingerprint density at radius 1 is 1.09 bits per heavy atom. The molecule has 0 aromatic heterocycles. The quantitative estimate of drug-likeness (QED) is 0.433. The Bertz CT molecular complexity index is 732. The number of amides is 2. The summed E-state index contributed by atoms with van der Waals surface area (Å²) in [5.74, 6) is -1.18. The van der Waals surface area contributed by atoms with Gasteiger partial charge in [0, 0.05) is 12.8 Å². The van der Waals surface area contributed by atoms with Gasteiger partial charge in [0.2, 0.25) is 5.91 Å². The molecule has 2 amide bonds. The molecule has 1 fully saturated rings. The standard InChI is InChI=1S/C25H44N2O6/c1-11-13-17-15-18(21(29)32-23(4,5)6)27(22(30)33-24(7,8)9)19(17)20(26-16(3)28)25(10,31)14-12-2/h11,13,17-20,31H,12,14-15H2,1-10H3,(H,26,28)/t17-,18+,19-,20-,25+/m1/s1. The van der Waals surface area contributed by atoms with Crippen LogP contribution in [-0.4, -0.2) is 62.9 Å². The van der Waals surface area contributed by atoms with Crippen LogP contribution < -0.4 is 5.32 Å². The number of rotatable bonds is 7. The van der Waals surface area contributed by atoms with Crippen molar-refractivity contribution in [2.75, 3.05) is 0 Å². The molecule has 33 heavy (non-hydrogen) atoms. The van der Waals surface area contributed by atoms with Gasteiger partial charge in [0.1, 0.15) is 17.2 Å². The molecule has 0 aromatic carbocycles. The summed E-state index contributed by atoms with van der Waals surface area (Å²) >= 11 is 0. The van der Waals surface area contributed by atoms with E-state index in [4.69, 9.17) is 9.47 Å². The Hall–Kier alpha value is -2.09. The van der Waals surface area contributed by atoms with Crippen molar-refractivity contribution >= 4 is 18.0 Å². The highest BCUT2D eigenvalue weighted by Crippen LogP contribution is 2.39. The molecular weight excluding hydrogens is 424 g/mol. The second kappa shape index (κ2) is 10.9. The first-order chi connectivity index (χ1) is 14.9. The van der Waals surface area contributed by atoms with Crippen LogP contribution in [0, 0.1) is 5.92 Å². The summed E-state index contributed by atoms with van der Waals surface area (Å²) in [7, 11) is 0. The number of carbonyl (C=O) groups is 3. The van der Waals surface area contributed by atoms with E-state index < -0.39 is 47.0 Å². The molecule has 8 nitrogen and oxygen atoms in total. The maximum Gasteiger partial charge on any atom is 0.411 e. The van der Waals surface area contributed by atoms with E-state index in [9.17, 15) is 19.5 Å². The second-order valence-electron chi connectivity index (χ2n) is 11.1. The van der Waals surface area contributed by atoms with Crippen molar-refractivity contribution < 1.29 is 29.0 Å². The van der Waals surface area contributed by atoms with E-state index in [0.717, 1.165) is 0 Å². The van der Waals surface area contributed by atoms with Crippen molar-refractivity contribution in [1.29, 1.82) is 0 Å². The Kier molecular flexibility index (Phi) is 9.55. The number of nitrogens with zero attached hydrogens (tertiary/aromatic N) is 1. The molecule has 0 bridgehead atoms. The molecule has 2 N–H and O–H groups in total. The first-order valence-electron chi connectivity index (χ1n) is 11.8. The summed E-state index contributed by atoms with van der Waals surface area (Å²) in [6.07, 6.45) is 4.44. The summed E-state index contributed by atoms with van der Waals surface area (Å²) in [6.45, 7) is 17.4. The molecule has 1 saturated heterocycles. The van der Waals surface area contributed by atoms with Gasteiger partial charge in [-0.05, 0) is 68.2 Å². The Morgan fingerprint density at radius 3 is 2.06 bits per heavy atom. The van der Waals surface area contributed by atoms with Crippen molar-refractivity contribution in [3.05, 3.63) is 12.2 Å². The van der Waals surface area contributed by atoms with E-state index in [1.165, 1.54) is 11.8 Å². The van der Waals surface area contributed by atoms with Gasteiger partial charge in [-0.2, -0.15) is 0 Å². The average molecular weight is 469 g/mol. The van der Waals surface area contributed by atoms with Crippen LogP contribution >= 0.6 is 0 Å². The van der Waals surface area contributed by atoms with Gasteiger partial charge in [0.15, 0.2) is 0 Å². The van der Waals surface area contributed by atoms with Gasteiger partial charge in [-0.1, -0.05) is 25.5 Å². The van der Waals surface area contributed by atoms with Gasteiger partial charge >= 0.3 is 12.1 Å². The number of ether oxygens (including phenoxy) is 2. The van der Waals surface area contributed by atoms with Gasteiger partial charge in [-0.15, -0.1) is 0 Å². The van der Waals surface area contributed by atoms with Crippen LogP contribution in [0.5, 0.6) is 0 Å². The zero-order valence-corrected chi connectivity index (χ0v) is 22.0. The predicted molar refractivity (Wildman–Crippen MR) is 128 cm³/mol. The van der Waals surface area contributed by atoms with E-state index in [2.05, 4.69) is 5.32 Å². The number of carbonyl (C=O) groups excluding carboxylic acids is 3. The van der Waals surface area contributed by atoms with Gasteiger partial charge in [0.25, 0.3) is 0 Å². The lowest BCUT2D eigenvalue weighted by molar-refractivity contribution is -0.161. The SMILES string of the molecule is CC=C[C@@H]1C[C@@H](C(=O)OC(C)(C)C)N(C(=O)OC(C)(C)C)[C@H]1[C@@H](NC(C)=O)[C@@](C)(O)CCC. The molecular formula is C25H44N2O6. The van der Waals surface area contributed by atoms with E-state index in [1.807, 2.05) is 26.0 Å². The minimum Gasteiger partial charge on any atom is -0.458 e. The highest BCUT2D eigenvalue weighted by molar-refractivity contribution is 5.83. The van der Waals surface area contributed by atoms with Gasteiger partial charge < -0.3 is 19.9 Å². The summed E-state index contributed by atoms with van der Waals surface area (Å²) in [4.78, 5) is 40.2. The number of allylic oxidation sites excluding steroid dienone is 1. The van der Waals surface area contributed by atoms with Gasteiger partial charge in [0.05, 0.1) is 17.7 Å². The topological polar surface area (TPSA) is 105 Å². The lowest BCUT2D eigenvalue weighted by atomic mass is 9.81. The largest absolute Gasteiger partial charge is 0.458 e. The van der Waals surface area contributed by atoms with E-state index >= 15 is 0 Å². The Balaban J connectivity index is 3.65. The van der Waals surface area contributed by atoms with Crippen molar-refractivity contribution in [3.8, 4) is 0 Å². The molecule has 1 aliphatic heterocycles. The lowest BCUT2D eigenvalue weighted by Crippen LogP contribution is -2.64. The van der Waals surface area contributed by atoms with Crippen LogP contribution in [-0.2, 0) is 19.1 Å². The molecule has 1 aliphatic rings. The monoisotopic (exact) mass is 468 g/mol. The lowest BCUT2D eigenvalue weighted by Gasteiger charge is -2.43. The number of hydrogen-bond donors (Lipinski definition) is 2. The fraction of sp³-hybridized carbons (Fsp3) is 0.800. The Labute approximate surface area is 199 Å². The predicted octanol–water partition coefficient (Wildman–Crippen LogP) is 3.95. The molecule has 0 aliphatic carbocycles. The van der Waals surface area contributed by atoms with Crippen LogP contribution in [0.1, 0.15) is 88.5 Å². The normalized spacial score (nSPS) is 24.3. The first kappa shape index (κ1) is 28.9. The smallest absolute Gasteiger partial charge is 0.411 e. The number of nitrogens with one attached hydrogen (secondary N) is 1. The van der Waals surface area contributed by atoms with Gasteiger partial charge in [-0.25, -0.2) is 9.59 Å². The molecule has 0 unspecified atom stereocenters. The summed E-state index contributed by atoms with van der Waals surface area (Å²) in [5, 5.41) is 14.2. The molecule has 0 radical (unpaired) electrons. The van der Waals surface area contributed by atoms with E-state index in [0.29, 0.717) is 19.3 Å². The molecule has 5 atom stereocenters. The molecule has 0 saturated carbocycles. The maximum atomic E-state index is 13.5. The van der Waals surface area contributed by atoms with Crippen LogP contribution in [0.4, 0.5) is 4.79 Å². The third kappa shape index (κ3) is 8.32. The minimum atomic E-state index is -1.33. The number of likely N-dealkylation sites (tertiary alicyclic amines) is 1.